The maximum atomic E-state index is 13.7. The first-order chi connectivity index (χ1) is 21.0. The second-order valence-corrected chi connectivity index (χ2v) is 9.99. The molecule has 1 atom stereocenters. The zero-order valence-electron chi connectivity index (χ0n) is 23.4. The van der Waals surface area contributed by atoms with Crippen molar-refractivity contribution in [2.24, 2.45) is 5.73 Å². The minimum Gasteiger partial charge on any atom is -0.493 e. The number of rotatable bonds is 7. The Hall–Kier alpha value is -5.69. The molecule has 0 saturated heterocycles. The summed E-state index contributed by atoms with van der Waals surface area (Å²) >= 11 is 0. The number of pyridine rings is 1. The third-order valence-electron chi connectivity index (χ3n) is 7.06. The molecule has 43 heavy (non-hydrogen) atoms. The van der Waals surface area contributed by atoms with Crippen molar-refractivity contribution in [1.82, 2.24) is 19.7 Å². The van der Waals surface area contributed by atoms with Crippen LogP contribution in [0.2, 0.25) is 0 Å². The number of benzene rings is 3. The summed E-state index contributed by atoms with van der Waals surface area (Å²) in [5, 5.41) is 5.35. The van der Waals surface area contributed by atoms with Gasteiger partial charge in [0.25, 0.3) is 11.8 Å². The SMILES string of the molecule is CN1C(=O)[C@@H](n2nc(C(N)=O)nc2Cc2ccccc2)COc2ccc(C#CCCOc3ccc4cccnc4c3)cc21. The minimum absolute atomic E-state index is 0.00613. The van der Waals surface area contributed by atoms with Gasteiger partial charge in [0.05, 0.1) is 17.8 Å². The number of aromatic nitrogens is 4. The van der Waals surface area contributed by atoms with E-state index < -0.39 is 11.9 Å². The zero-order chi connectivity index (χ0) is 29.8. The van der Waals surface area contributed by atoms with Crippen LogP contribution in [0.15, 0.2) is 85.1 Å². The number of nitrogens with zero attached hydrogens (tertiary/aromatic N) is 5. The van der Waals surface area contributed by atoms with Crippen molar-refractivity contribution in [3.63, 3.8) is 0 Å². The molecule has 0 unspecified atom stereocenters. The van der Waals surface area contributed by atoms with Crippen LogP contribution in [0, 0.1) is 11.8 Å². The normalized spacial score (nSPS) is 14.3. The Balaban J connectivity index is 1.16. The molecular weight excluding hydrogens is 544 g/mol. The predicted molar refractivity (Wildman–Crippen MR) is 161 cm³/mol. The van der Waals surface area contributed by atoms with Gasteiger partial charge in [-0.15, -0.1) is 5.10 Å². The topological polar surface area (TPSA) is 125 Å². The number of carbonyl (C=O) groups is 2. The number of carbonyl (C=O) groups excluding carboxylic acids is 2. The van der Waals surface area contributed by atoms with Crippen LogP contribution in [0.25, 0.3) is 10.9 Å². The summed E-state index contributed by atoms with van der Waals surface area (Å²) < 4.78 is 13.4. The van der Waals surface area contributed by atoms with Crippen LogP contribution in [0.5, 0.6) is 11.5 Å². The summed E-state index contributed by atoms with van der Waals surface area (Å²) in [6.07, 6.45) is 2.64. The molecule has 1 aliphatic rings. The van der Waals surface area contributed by atoms with E-state index in [2.05, 4.69) is 26.9 Å². The summed E-state index contributed by atoms with van der Waals surface area (Å²) in [5.74, 6) is 6.82. The van der Waals surface area contributed by atoms with Crippen molar-refractivity contribution in [3.05, 3.63) is 108 Å². The highest BCUT2D eigenvalue weighted by molar-refractivity contribution is 5.98. The molecule has 2 aromatic heterocycles. The molecule has 2 N–H and O–H groups in total. The minimum atomic E-state index is -0.853. The molecule has 6 rings (SSSR count). The van der Waals surface area contributed by atoms with Crippen LogP contribution in [-0.4, -0.2) is 51.8 Å². The van der Waals surface area contributed by atoms with Gasteiger partial charge < -0.3 is 20.1 Å². The molecule has 10 heteroatoms. The summed E-state index contributed by atoms with van der Waals surface area (Å²) in [7, 11) is 1.68. The Bertz CT molecular complexity index is 1880. The molecule has 3 heterocycles. The highest BCUT2D eigenvalue weighted by atomic mass is 16.5. The Morgan fingerprint density at radius 3 is 2.79 bits per heavy atom. The maximum Gasteiger partial charge on any atom is 0.288 e. The highest BCUT2D eigenvalue weighted by Gasteiger charge is 2.34. The zero-order valence-corrected chi connectivity index (χ0v) is 23.4. The number of hydrogen-bond acceptors (Lipinski definition) is 7. The first-order valence-electron chi connectivity index (χ1n) is 13.8. The van der Waals surface area contributed by atoms with Gasteiger partial charge in [-0.1, -0.05) is 48.2 Å². The van der Waals surface area contributed by atoms with Gasteiger partial charge in [0.2, 0.25) is 5.82 Å². The lowest BCUT2D eigenvalue weighted by atomic mass is 10.1. The van der Waals surface area contributed by atoms with Crippen molar-refractivity contribution < 1.29 is 19.1 Å². The van der Waals surface area contributed by atoms with Crippen molar-refractivity contribution in [3.8, 4) is 23.3 Å². The first kappa shape index (κ1) is 27.5. The second-order valence-electron chi connectivity index (χ2n) is 9.99. The van der Waals surface area contributed by atoms with Crippen LogP contribution >= 0.6 is 0 Å². The van der Waals surface area contributed by atoms with E-state index in [0.717, 1.165) is 27.8 Å². The molecule has 1 aliphatic heterocycles. The average Bonchev–Trinajstić information content (AvgIpc) is 3.40. The molecule has 10 nitrogen and oxygen atoms in total. The Morgan fingerprint density at radius 2 is 1.95 bits per heavy atom. The first-order valence-corrected chi connectivity index (χ1v) is 13.8. The van der Waals surface area contributed by atoms with E-state index in [1.165, 1.54) is 9.58 Å². The molecule has 5 aromatic rings. The van der Waals surface area contributed by atoms with Gasteiger partial charge in [-0.25, -0.2) is 9.67 Å². The molecule has 0 aliphatic carbocycles. The highest BCUT2D eigenvalue weighted by Crippen LogP contribution is 2.34. The van der Waals surface area contributed by atoms with Crippen molar-refractivity contribution >= 4 is 28.4 Å². The molecule has 214 valence electrons. The number of nitrogens with two attached hydrogens (primary N) is 1. The van der Waals surface area contributed by atoms with Gasteiger partial charge in [-0.2, -0.15) is 0 Å². The van der Waals surface area contributed by atoms with Gasteiger partial charge in [0, 0.05) is 43.1 Å². The van der Waals surface area contributed by atoms with E-state index >= 15 is 0 Å². The van der Waals surface area contributed by atoms with Crippen molar-refractivity contribution in [1.29, 1.82) is 0 Å². The summed E-state index contributed by atoms with van der Waals surface area (Å²) in [5.41, 5.74) is 8.63. The molecule has 3 aromatic carbocycles. The molecule has 0 bridgehead atoms. The summed E-state index contributed by atoms with van der Waals surface area (Å²) in [6.45, 7) is 0.433. The maximum absolute atomic E-state index is 13.7. The van der Waals surface area contributed by atoms with E-state index in [0.29, 0.717) is 36.7 Å². The standard InChI is InChI=1S/C33H28N6O4/c1-38-27-18-23(10-5-6-17-42-25-14-13-24-11-7-16-35-26(24)20-25)12-15-29(27)43-21-28(33(38)41)39-30(36-32(37-39)31(34)40)19-22-8-3-2-4-9-22/h2-4,7-9,11-16,18,20,28H,6,17,19,21H2,1H3,(H2,34,40)/t28-/m0/s1. The van der Waals surface area contributed by atoms with E-state index in [9.17, 15) is 9.59 Å². The molecule has 0 saturated carbocycles. The van der Waals surface area contributed by atoms with Gasteiger partial charge in [-0.3, -0.25) is 14.6 Å². The van der Waals surface area contributed by atoms with Crippen LogP contribution in [0.4, 0.5) is 5.69 Å². The number of anilines is 1. The number of fused-ring (bicyclic) bond motifs is 2. The predicted octanol–water partition coefficient (Wildman–Crippen LogP) is 3.93. The van der Waals surface area contributed by atoms with Gasteiger partial charge in [0.15, 0.2) is 6.04 Å². The third-order valence-corrected chi connectivity index (χ3v) is 7.06. The van der Waals surface area contributed by atoms with Gasteiger partial charge in [-0.05, 0) is 42.0 Å². The number of hydrogen-bond donors (Lipinski definition) is 1. The molecule has 0 spiro atoms. The fraction of sp³-hybridized carbons (Fsp3) is 0.182. The van der Waals surface area contributed by atoms with E-state index in [-0.39, 0.29) is 18.3 Å². The lowest BCUT2D eigenvalue weighted by molar-refractivity contribution is -0.122. The fourth-order valence-electron chi connectivity index (χ4n) is 4.87. The average molecular weight is 573 g/mol. The lowest BCUT2D eigenvalue weighted by Crippen LogP contribution is -2.36. The Kier molecular flexibility index (Phi) is 7.70. The number of primary amides is 1. The Labute approximate surface area is 248 Å². The molecule has 2 amide bonds. The summed E-state index contributed by atoms with van der Waals surface area (Å²) in [6, 6.07) is 23.9. The number of amides is 2. The monoisotopic (exact) mass is 572 g/mol. The van der Waals surface area contributed by atoms with Crippen molar-refractivity contribution in [2.75, 3.05) is 25.2 Å². The second kappa shape index (κ2) is 12.0. The van der Waals surface area contributed by atoms with E-state index in [1.54, 1.807) is 19.3 Å². The summed E-state index contributed by atoms with van der Waals surface area (Å²) in [4.78, 5) is 35.8. The molecular formula is C33H28N6O4. The van der Waals surface area contributed by atoms with E-state index in [1.807, 2.05) is 72.8 Å². The van der Waals surface area contributed by atoms with Crippen LogP contribution in [0.1, 0.15) is 40.0 Å². The fourth-order valence-corrected chi connectivity index (χ4v) is 4.87. The van der Waals surface area contributed by atoms with E-state index in [4.69, 9.17) is 15.2 Å². The smallest absolute Gasteiger partial charge is 0.288 e. The van der Waals surface area contributed by atoms with Gasteiger partial charge >= 0.3 is 0 Å². The van der Waals surface area contributed by atoms with Crippen LogP contribution < -0.4 is 20.1 Å². The molecule has 0 radical (unpaired) electrons. The number of likely N-dealkylation sites (N-methyl/N-ethyl adjacent to an activating group) is 1. The lowest BCUT2D eigenvalue weighted by Gasteiger charge is -2.21. The molecule has 0 fully saturated rings. The van der Waals surface area contributed by atoms with Crippen LogP contribution in [-0.2, 0) is 11.2 Å². The third kappa shape index (κ3) is 6.01. The number of ether oxygens (including phenoxy) is 2. The largest absolute Gasteiger partial charge is 0.493 e. The Morgan fingerprint density at radius 1 is 1.09 bits per heavy atom. The van der Waals surface area contributed by atoms with Crippen LogP contribution in [0.3, 0.4) is 0 Å². The van der Waals surface area contributed by atoms with Gasteiger partial charge in [0.1, 0.15) is 23.9 Å². The van der Waals surface area contributed by atoms with Crippen molar-refractivity contribution in [2.45, 2.75) is 18.9 Å². The quantitative estimate of drug-likeness (QED) is 0.231.